The normalized spacial score (nSPS) is 12.0. The molecule has 0 atom stereocenters. The van der Waals surface area contributed by atoms with Crippen LogP contribution in [0.3, 0.4) is 0 Å². The summed E-state index contributed by atoms with van der Waals surface area (Å²) in [6.45, 7) is 37.7. The van der Waals surface area contributed by atoms with Gasteiger partial charge >= 0.3 is 15.3 Å². The zero-order valence-corrected chi connectivity index (χ0v) is 31.2. The van der Waals surface area contributed by atoms with Crippen LogP contribution in [-0.2, 0) is 14.5 Å². The highest BCUT2D eigenvalue weighted by Crippen LogP contribution is 2.55. The maximum absolute atomic E-state index is 14.6. The van der Waals surface area contributed by atoms with Gasteiger partial charge in [-0.3, -0.25) is 0 Å². The minimum Gasteiger partial charge on any atom is -0.422 e. The summed E-state index contributed by atoms with van der Waals surface area (Å²) in [5.74, 6) is 0.927. The second-order valence-corrected chi connectivity index (χ2v) is 16.2. The highest BCUT2D eigenvalue weighted by molar-refractivity contribution is 7.54. The third kappa shape index (κ3) is 10.6. The molecule has 0 saturated carbocycles. The van der Waals surface area contributed by atoms with E-state index in [-0.39, 0.29) is 0 Å². The molecule has 2 rings (SSSR count). The van der Waals surface area contributed by atoms with Crippen LogP contribution >= 0.6 is 15.3 Å². The minimum atomic E-state index is -3.58. The molecule has 2 aromatic rings. The largest absolute Gasteiger partial charge is 0.422 e. The van der Waals surface area contributed by atoms with Crippen molar-refractivity contribution in [2.24, 2.45) is 0 Å². The van der Waals surface area contributed by atoms with E-state index in [2.05, 4.69) is 66.5 Å². The van der Waals surface area contributed by atoms with Gasteiger partial charge in [0, 0.05) is 57.8 Å². The molecule has 10 heteroatoms. The van der Waals surface area contributed by atoms with Crippen LogP contribution in [0.25, 0.3) is 0 Å². The summed E-state index contributed by atoms with van der Waals surface area (Å²) in [7, 11) is -7.16. The van der Waals surface area contributed by atoms with Gasteiger partial charge < -0.3 is 9.05 Å². The molecule has 0 heterocycles. The monoisotopic (exact) mass is 704 g/mol. The van der Waals surface area contributed by atoms with Crippen molar-refractivity contribution in [2.75, 3.05) is 52.4 Å². The molecule has 0 saturated heterocycles. The number of hydrogen-bond donors (Lipinski definition) is 0. The van der Waals surface area contributed by atoms with Gasteiger partial charge in [-0.15, -0.1) is 52.6 Å². The van der Waals surface area contributed by atoms with Crippen LogP contribution in [0.1, 0.15) is 25.0 Å². The van der Waals surface area contributed by atoms with E-state index < -0.39 is 20.8 Å². The van der Waals surface area contributed by atoms with E-state index in [1.807, 2.05) is 48.5 Å². The van der Waals surface area contributed by atoms with Gasteiger partial charge in [-0.05, 0) is 35.4 Å². The van der Waals surface area contributed by atoms with Crippen molar-refractivity contribution in [2.45, 2.75) is 19.3 Å². The Labute approximate surface area is 295 Å². The lowest BCUT2D eigenvalue weighted by atomic mass is 9.78. The van der Waals surface area contributed by atoms with Gasteiger partial charge in [-0.1, -0.05) is 86.7 Å². The Hall–Kier alpha value is -3.74. The summed E-state index contributed by atoms with van der Waals surface area (Å²) < 4.78 is 48.7. The molecule has 0 unspecified atom stereocenters. The first kappa shape index (κ1) is 41.4. The summed E-state index contributed by atoms with van der Waals surface area (Å²) in [4.78, 5) is 0. The highest BCUT2D eigenvalue weighted by atomic mass is 31.2. The van der Waals surface area contributed by atoms with Crippen LogP contribution in [-0.4, -0.2) is 71.0 Å². The van der Waals surface area contributed by atoms with Gasteiger partial charge in [-0.2, -0.15) is 0 Å². The van der Waals surface area contributed by atoms with Crippen LogP contribution in [0, 0.1) is 0 Å². The third-order valence-corrected chi connectivity index (χ3v) is 12.8. The molecule has 0 spiro atoms. The zero-order valence-electron chi connectivity index (χ0n) is 29.4. The van der Waals surface area contributed by atoms with E-state index in [0.29, 0.717) is 63.9 Å². The van der Waals surface area contributed by atoms with Crippen molar-refractivity contribution < 1.29 is 18.2 Å². The van der Waals surface area contributed by atoms with Crippen molar-refractivity contribution in [1.82, 2.24) is 18.7 Å². The first-order valence-corrected chi connectivity index (χ1v) is 19.2. The van der Waals surface area contributed by atoms with Gasteiger partial charge in [0.15, 0.2) is 0 Å². The molecule has 0 fully saturated rings. The van der Waals surface area contributed by atoms with E-state index >= 15 is 0 Å². The van der Waals surface area contributed by atoms with E-state index in [1.165, 1.54) is 0 Å². The molecule has 0 aromatic heterocycles. The van der Waals surface area contributed by atoms with Crippen LogP contribution < -0.4 is 9.05 Å². The van der Waals surface area contributed by atoms with Crippen molar-refractivity contribution in [3.05, 3.63) is 161 Å². The number of hydrogen-bond acceptors (Lipinski definition) is 4. The topological polar surface area (TPSA) is 65.6 Å². The molecule has 0 N–H and O–H groups in total. The van der Waals surface area contributed by atoms with E-state index in [9.17, 15) is 9.13 Å². The number of benzene rings is 2. The Kier molecular flexibility index (Phi) is 17.0. The van der Waals surface area contributed by atoms with Crippen LogP contribution in [0.2, 0.25) is 0 Å². The van der Waals surface area contributed by atoms with E-state index in [1.54, 1.807) is 67.3 Å². The predicted octanol–water partition coefficient (Wildman–Crippen LogP) is 9.68. The quantitative estimate of drug-likeness (QED) is 0.0709. The molecule has 0 amide bonds. The lowest BCUT2D eigenvalue weighted by molar-refractivity contribution is 0.312. The molecule has 0 aliphatic heterocycles. The molecule has 8 nitrogen and oxygen atoms in total. The third-order valence-electron chi connectivity index (χ3n) is 7.75. The van der Waals surface area contributed by atoms with Gasteiger partial charge in [-0.25, -0.2) is 27.8 Å². The van der Waals surface area contributed by atoms with Gasteiger partial charge in [0.2, 0.25) is 0 Å². The maximum Gasteiger partial charge on any atom is 0.396 e. The predicted molar refractivity (Wildman–Crippen MR) is 209 cm³/mol. The second-order valence-electron chi connectivity index (χ2n) is 11.6. The molecule has 264 valence electrons. The lowest BCUT2D eigenvalue weighted by Crippen LogP contribution is -2.35. The highest BCUT2D eigenvalue weighted by Gasteiger charge is 2.40. The Morgan fingerprint density at radius 2 is 0.673 bits per heavy atom. The SMILES string of the molecule is C=CCN(CC=C)P(=O)(Oc1ccc(C(C)(C)c2ccc(OP(=O)(N(CC=C)CC=C)N(CC=C)CC=C)cc2)cc1)N(CC=C)CC=C. The van der Waals surface area contributed by atoms with Crippen molar-refractivity contribution in [3.63, 3.8) is 0 Å². The van der Waals surface area contributed by atoms with E-state index in [4.69, 9.17) is 9.05 Å². The molecule has 0 aliphatic rings. The molecule has 0 radical (unpaired) electrons. The van der Waals surface area contributed by atoms with Crippen molar-refractivity contribution in [1.29, 1.82) is 0 Å². The Bertz CT molecular complexity index is 1330. The molecule has 49 heavy (non-hydrogen) atoms. The first-order chi connectivity index (χ1) is 23.4. The fourth-order valence-electron chi connectivity index (χ4n) is 5.21. The molecule has 0 aliphatic carbocycles. The summed E-state index contributed by atoms with van der Waals surface area (Å²) in [5, 5.41) is 0. The summed E-state index contributed by atoms with van der Waals surface area (Å²) in [6, 6.07) is 15.2. The van der Waals surface area contributed by atoms with Crippen molar-refractivity contribution >= 4 is 15.3 Å². The lowest BCUT2D eigenvalue weighted by Gasteiger charge is -2.36. The van der Waals surface area contributed by atoms with Gasteiger partial charge in [0.05, 0.1) is 0 Å². The number of nitrogens with zero attached hydrogens (tertiary/aromatic N) is 4. The van der Waals surface area contributed by atoms with Crippen LogP contribution in [0.5, 0.6) is 11.5 Å². The minimum absolute atomic E-state index is 0.343. The Morgan fingerprint density at radius 1 is 0.469 bits per heavy atom. The fraction of sp³-hybridized carbons (Fsp3) is 0.282. The molecule has 2 aromatic carbocycles. The summed E-state index contributed by atoms with van der Waals surface area (Å²) >= 11 is 0. The average molecular weight is 705 g/mol. The first-order valence-electron chi connectivity index (χ1n) is 16.1. The number of rotatable bonds is 26. The Balaban J connectivity index is 2.44. The average Bonchev–Trinajstić information content (AvgIpc) is 3.08. The second kappa shape index (κ2) is 20.1. The summed E-state index contributed by atoms with van der Waals surface area (Å²) in [6.07, 6.45) is 13.5. The summed E-state index contributed by atoms with van der Waals surface area (Å²) in [5.41, 5.74) is 1.61. The standard InChI is InChI=1S/C39H54N4O4P2/c1-11-27-40(28-12-2)48(44,41(29-13-3)30-14-4)46-37-23-19-35(20-24-37)39(9,10)36-21-25-38(26-22-36)47-49(45,42(31-15-5)32-16-6)43(33-17-7)34-18-8/h11-26H,1-8,27-34H2,9-10H3. The van der Waals surface area contributed by atoms with Crippen LogP contribution in [0.15, 0.2) is 150 Å². The van der Waals surface area contributed by atoms with Crippen molar-refractivity contribution in [3.8, 4) is 11.5 Å². The fourth-order valence-corrected chi connectivity index (χ4v) is 9.76. The zero-order chi connectivity index (χ0) is 36.5. The van der Waals surface area contributed by atoms with Crippen LogP contribution in [0.4, 0.5) is 0 Å². The molecular weight excluding hydrogens is 650 g/mol. The Morgan fingerprint density at radius 3 is 0.857 bits per heavy atom. The van der Waals surface area contributed by atoms with Gasteiger partial charge in [0.25, 0.3) is 0 Å². The molecule has 0 bridgehead atoms. The van der Waals surface area contributed by atoms with E-state index in [0.717, 1.165) is 11.1 Å². The molecular formula is C39H54N4O4P2. The van der Waals surface area contributed by atoms with Gasteiger partial charge in [0.1, 0.15) is 11.5 Å². The maximum atomic E-state index is 14.6. The smallest absolute Gasteiger partial charge is 0.396 e.